The Morgan fingerprint density at radius 1 is 1.59 bits per heavy atom. The van der Waals surface area contributed by atoms with Crippen LogP contribution >= 0.6 is 0 Å². The highest BCUT2D eigenvalue weighted by molar-refractivity contribution is 5.92. The van der Waals surface area contributed by atoms with Crippen LogP contribution in [0.4, 0.5) is 0 Å². The van der Waals surface area contributed by atoms with Crippen molar-refractivity contribution in [3.8, 4) is 0 Å². The first-order valence-corrected chi connectivity index (χ1v) is 5.63. The van der Waals surface area contributed by atoms with Crippen LogP contribution in [0.25, 0.3) is 0 Å². The van der Waals surface area contributed by atoms with Crippen LogP contribution < -0.4 is 5.32 Å². The number of hydrogen-bond acceptors (Lipinski definition) is 4. The van der Waals surface area contributed by atoms with E-state index in [-0.39, 0.29) is 19.1 Å². The molecular formula is C11H19N3O3. The number of hydrogen-bond donors (Lipinski definition) is 3. The van der Waals surface area contributed by atoms with Crippen LogP contribution in [0.2, 0.25) is 0 Å². The number of nitrogens with one attached hydrogen (secondary N) is 2. The molecule has 1 unspecified atom stereocenters. The van der Waals surface area contributed by atoms with Gasteiger partial charge in [-0.2, -0.15) is 5.10 Å². The standard InChI is InChI=1S/C11H19N3O3/c1-8(2)6-17-7-9(15)5-12-11(16)10-3-4-13-14-10/h3-4,8-9,15H,5-7H2,1-2H3,(H,12,16)(H,13,14). The third-order valence-corrected chi connectivity index (χ3v) is 2.01. The molecule has 0 fully saturated rings. The Bertz CT molecular complexity index is 325. The first-order valence-electron chi connectivity index (χ1n) is 5.63. The maximum Gasteiger partial charge on any atom is 0.269 e. The number of rotatable bonds is 7. The van der Waals surface area contributed by atoms with Crippen LogP contribution in [0.15, 0.2) is 12.3 Å². The van der Waals surface area contributed by atoms with Crippen LogP contribution in [0.1, 0.15) is 24.3 Å². The van der Waals surface area contributed by atoms with Gasteiger partial charge in [-0.25, -0.2) is 0 Å². The number of aromatic amines is 1. The average Bonchev–Trinajstić information content (AvgIpc) is 2.78. The normalized spacial score (nSPS) is 12.7. The smallest absolute Gasteiger partial charge is 0.269 e. The Hall–Kier alpha value is -1.40. The van der Waals surface area contributed by atoms with Gasteiger partial charge in [0.15, 0.2) is 0 Å². The Morgan fingerprint density at radius 2 is 2.35 bits per heavy atom. The Kier molecular flexibility index (Phi) is 5.65. The molecular weight excluding hydrogens is 222 g/mol. The summed E-state index contributed by atoms with van der Waals surface area (Å²) in [4.78, 5) is 11.5. The highest BCUT2D eigenvalue weighted by Crippen LogP contribution is 1.95. The largest absolute Gasteiger partial charge is 0.389 e. The number of aliphatic hydroxyl groups is 1. The minimum atomic E-state index is -0.694. The molecule has 0 aliphatic rings. The summed E-state index contributed by atoms with van der Waals surface area (Å²) in [7, 11) is 0. The van der Waals surface area contributed by atoms with Crippen molar-refractivity contribution in [2.24, 2.45) is 5.92 Å². The zero-order chi connectivity index (χ0) is 12.7. The zero-order valence-electron chi connectivity index (χ0n) is 10.1. The lowest BCUT2D eigenvalue weighted by Crippen LogP contribution is -2.35. The molecule has 0 aromatic carbocycles. The number of carbonyl (C=O) groups is 1. The molecule has 1 heterocycles. The van der Waals surface area contributed by atoms with E-state index in [1.54, 1.807) is 6.07 Å². The van der Waals surface area contributed by atoms with Crippen molar-refractivity contribution in [3.63, 3.8) is 0 Å². The number of nitrogens with zero attached hydrogens (tertiary/aromatic N) is 1. The lowest BCUT2D eigenvalue weighted by atomic mass is 10.2. The maximum absolute atomic E-state index is 11.5. The molecule has 0 spiro atoms. The third-order valence-electron chi connectivity index (χ3n) is 2.01. The van der Waals surface area contributed by atoms with E-state index in [9.17, 15) is 9.90 Å². The van der Waals surface area contributed by atoms with Gasteiger partial charge in [-0.3, -0.25) is 9.89 Å². The SMILES string of the molecule is CC(C)COCC(O)CNC(=O)c1ccn[nH]1. The molecule has 96 valence electrons. The van der Waals surface area contributed by atoms with E-state index < -0.39 is 6.10 Å². The first kappa shape index (κ1) is 13.7. The second-order valence-corrected chi connectivity index (χ2v) is 4.27. The zero-order valence-corrected chi connectivity index (χ0v) is 10.1. The first-order chi connectivity index (χ1) is 8.09. The lowest BCUT2D eigenvalue weighted by Gasteiger charge is -2.13. The number of aliphatic hydroxyl groups excluding tert-OH is 1. The second-order valence-electron chi connectivity index (χ2n) is 4.27. The summed E-state index contributed by atoms with van der Waals surface area (Å²) in [6.07, 6.45) is 0.803. The molecule has 0 saturated heterocycles. The minimum Gasteiger partial charge on any atom is -0.389 e. The molecule has 1 aromatic rings. The summed E-state index contributed by atoms with van der Waals surface area (Å²) < 4.78 is 5.26. The molecule has 0 radical (unpaired) electrons. The third kappa shape index (κ3) is 5.46. The van der Waals surface area contributed by atoms with Crippen LogP contribution in [0.5, 0.6) is 0 Å². The van der Waals surface area contributed by atoms with Crippen molar-refractivity contribution in [1.82, 2.24) is 15.5 Å². The number of H-pyrrole nitrogens is 1. The van der Waals surface area contributed by atoms with Crippen molar-refractivity contribution < 1.29 is 14.6 Å². The summed E-state index contributed by atoms with van der Waals surface area (Å²) in [5, 5.41) is 18.3. The average molecular weight is 241 g/mol. The Morgan fingerprint density at radius 3 is 2.94 bits per heavy atom. The summed E-state index contributed by atoms with van der Waals surface area (Å²) >= 11 is 0. The van der Waals surface area contributed by atoms with Gasteiger partial charge in [0.05, 0.1) is 12.7 Å². The van der Waals surface area contributed by atoms with E-state index in [4.69, 9.17) is 4.74 Å². The number of aromatic nitrogens is 2. The highest BCUT2D eigenvalue weighted by atomic mass is 16.5. The molecule has 3 N–H and O–H groups in total. The summed E-state index contributed by atoms with van der Waals surface area (Å²) in [5.74, 6) is 0.146. The summed E-state index contributed by atoms with van der Waals surface area (Å²) in [5.41, 5.74) is 0.375. The minimum absolute atomic E-state index is 0.163. The maximum atomic E-state index is 11.5. The van der Waals surface area contributed by atoms with Crippen LogP contribution in [0.3, 0.4) is 0 Å². The van der Waals surface area contributed by atoms with E-state index in [1.165, 1.54) is 6.20 Å². The molecule has 1 rings (SSSR count). The number of amides is 1. The highest BCUT2D eigenvalue weighted by Gasteiger charge is 2.10. The fourth-order valence-corrected chi connectivity index (χ4v) is 1.19. The van der Waals surface area contributed by atoms with Crippen molar-refractivity contribution in [1.29, 1.82) is 0 Å². The van der Waals surface area contributed by atoms with Gasteiger partial charge >= 0.3 is 0 Å². The van der Waals surface area contributed by atoms with Crippen LogP contribution in [-0.4, -0.2) is 47.1 Å². The fourth-order valence-electron chi connectivity index (χ4n) is 1.19. The monoisotopic (exact) mass is 241 g/mol. The van der Waals surface area contributed by atoms with Gasteiger partial charge in [0.2, 0.25) is 0 Å². The Labute approximate surface area is 100 Å². The lowest BCUT2D eigenvalue weighted by molar-refractivity contribution is 0.0259. The van der Waals surface area contributed by atoms with Gasteiger partial charge in [0.1, 0.15) is 5.69 Å². The molecule has 0 aliphatic heterocycles. The van der Waals surface area contributed by atoms with Crippen molar-refractivity contribution in [3.05, 3.63) is 18.0 Å². The summed E-state index contributed by atoms with van der Waals surface area (Å²) in [6, 6.07) is 1.57. The predicted octanol–water partition coefficient (Wildman–Crippen LogP) is 0.173. The van der Waals surface area contributed by atoms with E-state index in [1.807, 2.05) is 13.8 Å². The molecule has 0 aliphatic carbocycles. The molecule has 17 heavy (non-hydrogen) atoms. The second kappa shape index (κ2) is 7.03. The number of ether oxygens (including phenoxy) is 1. The Balaban J connectivity index is 2.15. The van der Waals surface area contributed by atoms with Gasteiger partial charge in [-0.05, 0) is 12.0 Å². The van der Waals surface area contributed by atoms with Crippen LogP contribution in [0, 0.1) is 5.92 Å². The van der Waals surface area contributed by atoms with Crippen molar-refractivity contribution >= 4 is 5.91 Å². The van der Waals surface area contributed by atoms with E-state index in [2.05, 4.69) is 15.5 Å². The number of carbonyl (C=O) groups excluding carboxylic acids is 1. The van der Waals surface area contributed by atoms with E-state index in [0.29, 0.717) is 18.2 Å². The molecule has 1 amide bonds. The van der Waals surface area contributed by atoms with Crippen molar-refractivity contribution in [2.75, 3.05) is 19.8 Å². The molecule has 6 nitrogen and oxygen atoms in total. The topological polar surface area (TPSA) is 87.2 Å². The molecule has 1 aromatic heterocycles. The predicted molar refractivity (Wildman–Crippen MR) is 62.6 cm³/mol. The van der Waals surface area contributed by atoms with Gasteiger partial charge < -0.3 is 15.2 Å². The van der Waals surface area contributed by atoms with Gasteiger partial charge in [0, 0.05) is 19.3 Å². The van der Waals surface area contributed by atoms with Crippen LogP contribution in [-0.2, 0) is 4.74 Å². The molecule has 0 saturated carbocycles. The quantitative estimate of drug-likeness (QED) is 0.635. The van der Waals surface area contributed by atoms with Gasteiger partial charge in [-0.15, -0.1) is 0 Å². The molecule has 1 atom stereocenters. The van der Waals surface area contributed by atoms with Gasteiger partial charge in [-0.1, -0.05) is 13.8 Å². The summed E-state index contributed by atoms with van der Waals surface area (Å²) in [6.45, 7) is 5.06. The molecule has 0 bridgehead atoms. The van der Waals surface area contributed by atoms with Gasteiger partial charge in [0.25, 0.3) is 5.91 Å². The fraction of sp³-hybridized carbons (Fsp3) is 0.636. The van der Waals surface area contributed by atoms with Crippen molar-refractivity contribution in [2.45, 2.75) is 20.0 Å². The molecule has 6 heteroatoms. The van der Waals surface area contributed by atoms with E-state index in [0.717, 1.165) is 0 Å². The van der Waals surface area contributed by atoms with E-state index >= 15 is 0 Å².